The Morgan fingerprint density at radius 2 is 1.93 bits per heavy atom. The fraction of sp³-hybridized carbons (Fsp3) is 0.364. The minimum absolute atomic E-state index is 0.00948. The number of nitrogens with zero attached hydrogens (tertiary/aromatic N) is 2. The summed E-state index contributed by atoms with van der Waals surface area (Å²) >= 11 is 0. The lowest BCUT2D eigenvalue weighted by Crippen LogP contribution is -2.43. The first-order chi connectivity index (χ1) is 13.0. The van der Waals surface area contributed by atoms with Crippen LogP contribution >= 0.6 is 0 Å². The van der Waals surface area contributed by atoms with Crippen molar-refractivity contribution >= 4 is 11.8 Å². The summed E-state index contributed by atoms with van der Waals surface area (Å²) in [5.74, 6) is -0.167. The van der Waals surface area contributed by atoms with E-state index in [0.29, 0.717) is 31.6 Å². The number of phenolic OH excluding ortho intramolecular Hbond substituents is 1. The molecule has 27 heavy (non-hydrogen) atoms. The van der Waals surface area contributed by atoms with Crippen molar-refractivity contribution in [3.8, 4) is 5.75 Å². The number of rotatable bonds is 4. The van der Waals surface area contributed by atoms with Gasteiger partial charge in [-0.25, -0.2) is 0 Å². The summed E-state index contributed by atoms with van der Waals surface area (Å²) in [6.45, 7) is 5.30. The molecule has 1 N–H and O–H groups in total. The summed E-state index contributed by atoms with van der Waals surface area (Å²) in [7, 11) is 0. The van der Waals surface area contributed by atoms with E-state index in [1.807, 2.05) is 55.1 Å². The molecule has 1 fully saturated rings. The van der Waals surface area contributed by atoms with Crippen molar-refractivity contribution in [3.63, 3.8) is 0 Å². The van der Waals surface area contributed by atoms with E-state index in [1.165, 1.54) is 0 Å². The predicted molar refractivity (Wildman–Crippen MR) is 104 cm³/mol. The van der Waals surface area contributed by atoms with Gasteiger partial charge >= 0.3 is 0 Å². The third-order valence-electron chi connectivity index (χ3n) is 5.13. The molecule has 2 aromatic rings. The van der Waals surface area contributed by atoms with Crippen LogP contribution in [-0.4, -0.2) is 45.9 Å². The molecule has 1 atom stereocenters. The number of hydrogen-bond acceptors (Lipinski definition) is 3. The van der Waals surface area contributed by atoms with Gasteiger partial charge in [-0.3, -0.25) is 9.59 Å². The Morgan fingerprint density at radius 1 is 1.19 bits per heavy atom. The SMILES string of the molecule is CCC1CN(C(=O)c2ccc(C)cc2O)CCC(=O)N1Cc1ccccc1. The molecular weight excluding hydrogens is 340 g/mol. The van der Waals surface area contributed by atoms with Gasteiger partial charge in [0, 0.05) is 32.1 Å². The van der Waals surface area contributed by atoms with Crippen LogP contribution in [-0.2, 0) is 11.3 Å². The molecule has 0 saturated carbocycles. The maximum Gasteiger partial charge on any atom is 0.257 e. The van der Waals surface area contributed by atoms with Crippen LogP contribution in [0.4, 0.5) is 0 Å². The molecule has 5 heteroatoms. The van der Waals surface area contributed by atoms with Gasteiger partial charge in [0.15, 0.2) is 0 Å². The van der Waals surface area contributed by atoms with Crippen molar-refractivity contribution in [2.45, 2.75) is 39.3 Å². The Labute approximate surface area is 160 Å². The van der Waals surface area contributed by atoms with Crippen LogP contribution in [0.1, 0.15) is 41.3 Å². The second-order valence-corrected chi connectivity index (χ2v) is 7.09. The lowest BCUT2D eigenvalue weighted by atomic mass is 10.1. The molecule has 0 radical (unpaired) electrons. The van der Waals surface area contributed by atoms with Crippen LogP contribution in [0.3, 0.4) is 0 Å². The van der Waals surface area contributed by atoms with Crippen LogP contribution in [0.5, 0.6) is 5.75 Å². The quantitative estimate of drug-likeness (QED) is 0.903. The Morgan fingerprint density at radius 3 is 2.59 bits per heavy atom. The number of aryl methyl sites for hydroxylation is 1. The van der Waals surface area contributed by atoms with Gasteiger partial charge in [0.25, 0.3) is 5.91 Å². The van der Waals surface area contributed by atoms with Crippen LogP contribution in [0.15, 0.2) is 48.5 Å². The molecule has 5 nitrogen and oxygen atoms in total. The largest absolute Gasteiger partial charge is 0.507 e. The zero-order valence-corrected chi connectivity index (χ0v) is 15.9. The molecular formula is C22H26N2O3. The summed E-state index contributed by atoms with van der Waals surface area (Å²) in [6.07, 6.45) is 1.06. The fourth-order valence-corrected chi connectivity index (χ4v) is 3.55. The fourth-order valence-electron chi connectivity index (χ4n) is 3.55. The highest BCUT2D eigenvalue weighted by Gasteiger charge is 2.31. The van der Waals surface area contributed by atoms with Crippen LogP contribution in [0, 0.1) is 6.92 Å². The number of aromatic hydroxyl groups is 1. The van der Waals surface area contributed by atoms with Crippen molar-refractivity contribution in [1.29, 1.82) is 0 Å². The zero-order chi connectivity index (χ0) is 19.4. The molecule has 1 saturated heterocycles. The van der Waals surface area contributed by atoms with Gasteiger partial charge in [0.2, 0.25) is 5.91 Å². The minimum Gasteiger partial charge on any atom is -0.507 e. The maximum absolute atomic E-state index is 13.0. The second-order valence-electron chi connectivity index (χ2n) is 7.09. The van der Waals surface area contributed by atoms with Gasteiger partial charge in [0.1, 0.15) is 5.75 Å². The van der Waals surface area contributed by atoms with E-state index in [2.05, 4.69) is 0 Å². The normalized spacial score (nSPS) is 17.7. The van der Waals surface area contributed by atoms with Gasteiger partial charge in [-0.1, -0.05) is 43.3 Å². The summed E-state index contributed by atoms with van der Waals surface area (Å²) in [5.41, 5.74) is 2.27. The number of carbonyl (C=O) groups excluding carboxylic acids is 2. The van der Waals surface area contributed by atoms with Crippen LogP contribution in [0.2, 0.25) is 0 Å². The van der Waals surface area contributed by atoms with E-state index >= 15 is 0 Å². The van der Waals surface area contributed by atoms with Crippen molar-refractivity contribution in [1.82, 2.24) is 9.80 Å². The molecule has 0 spiro atoms. The molecule has 2 amide bonds. The summed E-state index contributed by atoms with van der Waals surface area (Å²) in [6, 6.07) is 14.9. The molecule has 1 aliphatic heterocycles. The van der Waals surface area contributed by atoms with Crippen molar-refractivity contribution in [2.75, 3.05) is 13.1 Å². The molecule has 1 unspecified atom stereocenters. The maximum atomic E-state index is 13.0. The molecule has 0 bridgehead atoms. The highest BCUT2D eigenvalue weighted by molar-refractivity contribution is 5.97. The first-order valence-electron chi connectivity index (χ1n) is 9.42. The average molecular weight is 366 g/mol. The molecule has 0 aliphatic carbocycles. The van der Waals surface area contributed by atoms with Gasteiger partial charge in [-0.05, 0) is 36.6 Å². The molecule has 1 heterocycles. The number of benzene rings is 2. The Hall–Kier alpha value is -2.82. The monoisotopic (exact) mass is 366 g/mol. The van der Waals surface area contributed by atoms with Crippen LogP contribution < -0.4 is 0 Å². The first kappa shape index (κ1) is 19.0. The second kappa shape index (κ2) is 8.25. The third kappa shape index (κ3) is 4.30. The average Bonchev–Trinajstić information content (AvgIpc) is 2.82. The van der Waals surface area contributed by atoms with E-state index in [4.69, 9.17) is 0 Å². The first-order valence-corrected chi connectivity index (χ1v) is 9.42. The Kier molecular flexibility index (Phi) is 5.79. The van der Waals surface area contributed by atoms with E-state index < -0.39 is 0 Å². The van der Waals surface area contributed by atoms with Gasteiger partial charge in [-0.15, -0.1) is 0 Å². The number of carbonyl (C=O) groups is 2. The summed E-state index contributed by atoms with van der Waals surface area (Å²) < 4.78 is 0. The van der Waals surface area contributed by atoms with E-state index in [1.54, 1.807) is 17.0 Å². The zero-order valence-electron chi connectivity index (χ0n) is 15.9. The third-order valence-corrected chi connectivity index (χ3v) is 5.13. The minimum atomic E-state index is -0.222. The molecule has 1 aliphatic rings. The molecule has 0 aromatic heterocycles. The van der Waals surface area contributed by atoms with Gasteiger partial charge in [-0.2, -0.15) is 0 Å². The smallest absolute Gasteiger partial charge is 0.257 e. The lowest BCUT2D eigenvalue weighted by Gasteiger charge is -2.31. The number of amides is 2. The molecule has 2 aromatic carbocycles. The highest BCUT2D eigenvalue weighted by atomic mass is 16.3. The van der Waals surface area contributed by atoms with Gasteiger partial charge in [0.05, 0.1) is 5.56 Å². The standard InChI is InChI=1S/C22H26N2O3/c1-3-18-15-23(22(27)19-10-9-16(2)13-20(19)25)12-11-21(26)24(18)14-17-7-5-4-6-8-17/h4-10,13,18,25H,3,11-12,14-15H2,1-2H3. The van der Waals surface area contributed by atoms with Crippen molar-refractivity contribution < 1.29 is 14.7 Å². The van der Waals surface area contributed by atoms with E-state index in [-0.39, 0.29) is 23.6 Å². The topological polar surface area (TPSA) is 60.9 Å². The van der Waals surface area contributed by atoms with Crippen molar-refractivity contribution in [2.24, 2.45) is 0 Å². The number of hydrogen-bond donors (Lipinski definition) is 1. The van der Waals surface area contributed by atoms with Gasteiger partial charge < -0.3 is 14.9 Å². The van der Waals surface area contributed by atoms with E-state index in [9.17, 15) is 14.7 Å². The molecule has 3 rings (SSSR count). The van der Waals surface area contributed by atoms with Crippen LogP contribution in [0.25, 0.3) is 0 Å². The lowest BCUT2D eigenvalue weighted by molar-refractivity contribution is -0.133. The van der Waals surface area contributed by atoms with Crippen molar-refractivity contribution in [3.05, 3.63) is 65.2 Å². The Balaban J connectivity index is 1.80. The molecule has 142 valence electrons. The Bertz CT molecular complexity index is 820. The summed E-state index contributed by atoms with van der Waals surface area (Å²) in [4.78, 5) is 29.3. The number of phenols is 1. The van der Waals surface area contributed by atoms with E-state index in [0.717, 1.165) is 17.5 Å². The predicted octanol–water partition coefficient (Wildman–Crippen LogP) is 3.35. The highest BCUT2D eigenvalue weighted by Crippen LogP contribution is 2.23. The summed E-state index contributed by atoms with van der Waals surface area (Å²) in [5, 5.41) is 10.2.